The third-order valence-electron chi connectivity index (χ3n) is 6.07. The molecule has 2 aliphatic carbocycles. The SMILES string of the molecule is [C-]#[N+]/C(C#N)=C1/c2cc(C)ccc2-c2cc3c(cc21)/C(=C(\C#N)[N+]#[C-])c1cc(C)ccc1-3. The van der Waals surface area contributed by atoms with E-state index < -0.39 is 0 Å². The number of nitrogens with zero attached hydrogens (tertiary/aromatic N) is 4. The van der Waals surface area contributed by atoms with Crippen molar-refractivity contribution in [2.45, 2.75) is 13.8 Å². The summed E-state index contributed by atoms with van der Waals surface area (Å²) < 4.78 is 0. The van der Waals surface area contributed by atoms with Crippen LogP contribution in [0.5, 0.6) is 0 Å². The van der Waals surface area contributed by atoms with Gasteiger partial charge in [-0.3, -0.25) is 0 Å². The van der Waals surface area contributed by atoms with Gasteiger partial charge >= 0.3 is 0 Å². The van der Waals surface area contributed by atoms with Crippen LogP contribution in [0.3, 0.4) is 0 Å². The van der Waals surface area contributed by atoms with Crippen LogP contribution < -0.4 is 0 Å². The summed E-state index contributed by atoms with van der Waals surface area (Å²) in [5.41, 5.74) is 10.6. The van der Waals surface area contributed by atoms with Crippen molar-refractivity contribution in [2.24, 2.45) is 0 Å². The van der Waals surface area contributed by atoms with Crippen LogP contribution >= 0.6 is 0 Å². The fraction of sp³-hybridized carbons (Fsp3) is 0.0714. The molecule has 0 amide bonds. The van der Waals surface area contributed by atoms with Crippen molar-refractivity contribution in [1.29, 1.82) is 10.5 Å². The lowest BCUT2D eigenvalue weighted by Gasteiger charge is -2.09. The molecule has 0 unspecified atom stereocenters. The van der Waals surface area contributed by atoms with Crippen LogP contribution in [0.1, 0.15) is 33.4 Å². The van der Waals surface area contributed by atoms with E-state index in [1.807, 2.05) is 56.3 Å². The third kappa shape index (κ3) is 2.45. The van der Waals surface area contributed by atoms with Gasteiger partial charge in [-0.05, 0) is 70.5 Å². The van der Waals surface area contributed by atoms with Crippen molar-refractivity contribution in [3.8, 4) is 34.4 Å². The molecule has 0 spiro atoms. The minimum atomic E-state index is 0.0399. The zero-order valence-corrected chi connectivity index (χ0v) is 17.4. The van der Waals surface area contributed by atoms with E-state index in [1.165, 1.54) is 0 Å². The van der Waals surface area contributed by atoms with Crippen molar-refractivity contribution in [3.63, 3.8) is 0 Å². The van der Waals surface area contributed by atoms with Crippen molar-refractivity contribution < 1.29 is 0 Å². The molecule has 0 aliphatic heterocycles. The number of benzene rings is 3. The molecule has 3 aromatic carbocycles. The molecule has 5 rings (SSSR count). The highest BCUT2D eigenvalue weighted by atomic mass is 14.7. The fourth-order valence-corrected chi connectivity index (χ4v) is 4.73. The summed E-state index contributed by atoms with van der Waals surface area (Å²) in [5.74, 6) is 0. The van der Waals surface area contributed by atoms with Crippen molar-refractivity contribution in [3.05, 3.63) is 116 Å². The highest BCUT2D eigenvalue weighted by molar-refractivity contribution is 6.10. The monoisotopic (exact) mass is 406 g/mol. The number of aryl methyl sites for hydroxylation is 2. The number of allylic oxidation sites excluding steroid dienone is 2. The van der Waals surface area contributed by atoms with E-state index in [4.69, 9.17) is 13.1 Å². The van der Waals surface area contributed by atoms with Crippen LogP contribution in [0.25, 0.3) is 43.1 Å². The summed E-state index contributed by atoms with van der Waals surface area (Å²) in [6.07, 6.45) is 0. The Hall–Kier alpha value is -4.90. The lowest BCUT2D eigenvalue weighted by molar-refractivity contribution is 1.45. The van der Waals surface area contributed by atoms with E-state index >= 15 is 0 Å². The number of hydrogen-bond acceptors (Lipinski definition) is 2. The van der Waals surface area contributed by atoms with E-state index in [-0.39, 0.29) is 11.4 Å². The molecule has 0 atom stereocenters. The summed E-state index contributed by atoms with van der Waals surface area (Å²) in [7, 11) is 0. The molecule has 0 fully saturated rings. The van der Waals surface area contributed by atoms with Gasteiger partial charge in [0.25, 0.3) is 11.4 Å². The average molecular weight is 406 g/mol. The minimum Gasteiger partial charge on any atom is -0.226 e. The molecule has 2 aliphatic rings. The van der Waals surface area contributed by atoms with Gasteiger partial charge in [-0.25, -0.2) is 20.2 Å². The van der Waals surface area contributed by atoms with Gasteiger partial charge in [0.15, 0.2) is 0 Å². The Kier molecular flexibility index (Phi) is 4.07. The number of nitriles is 2. The first-order valence-corrected chi connectivity index (χ1v) is 9.97. The summed E-state index contributed by atoms with van der Waals surface area (Å²) in [6, 6.07) is 20.3. The Morgan fingerprint density at radius 2 is 0.969 bits per heavy atom. The molecule has 0 radical (unpaired) electrons. The lowest BCUT2D eigenvalue weighted by Crippen LogP contribution is -1.91. The van der Waals surface area contributed by atoms with Crippen molar-refractivity contribution in [2.75, 3.05) is 0 Å². The molecule has 0 bridgehead atoms. The first-order chi connectivity index (χ1) is 15.5. The average Bonchev–Trinajstić information content (AvgIpc) is 3.26. The molecule has 146 valence electrons. The molecule has 32 heavy (non-hydrogen) atoms. The maximum atomic E-state index is 9.68. The van der Waals surface area contributed by atoms with E-state index in [2.05, 4.69) is 27.9 Å². The minimum absolute atomic E-state index is 0.0399. The number of hydrogen-bond donors (Lipinski definition) is 0. The second kappa shape index (κ2) is 6.82. The smallest absolute Gasteiger partial charge is 0.226 e. The maximum absolute atomic E-state index is 9.68. The molecule has 3 aromatic rings. The van der Waals surface area contributed by atoms with E-state index in [1.54, 1.807) is 0 Å². The van der Waals surface area contributed by atoms with Gasteiger partial charge in [-0.2, -0.15) is 0 Å². The van der Waals surface area contributed by atoms with Gasteiger partial charge in [0.05, 0.1) is 25.3 Å². The van der Waals surface area contributed by atoms with Gasteiger partial charge in [0.2, 0.25) is 0 Å². The van der Waals surface area contributed by atoms with Gasteiger partial charge in [0.1, 0.15) is 0 Å². The Morgan fingerprint density at radius 1 is 0.594 bits per heavy atom. The van der Waals surface area contributed by atoms with Gasteiger partial charge in [-0.15, -0.1) is 0 Å². The van der Waals surface area contributed by atoms with E-state index in [9.17, 15) is 10.5 Å². The lowest BCUT2D eigenvalue weighted by atomic mass is 9.94. The molecule has 0 aromatic heterocycles. The standard InChI is InChI=1S/C28H14N4/c1-15-5-7-17-19-11-20-18-8-6-16(2)10-22(18)28(26(14-30)32-4)24(20)12-23(19)27(21(17)9-15)25(13-29)31-3/h5-12H,1-2H3/b27-25-,28-26+. The molecular formula is C28H14N4. The van der Waals surface area contributed by atoms with Crippen molar-refractivity contribution >= 4 is 11.1 Å². The predicted molar refractivity (Wildman–Crippen MR) is 123 cm³/mol. The summed E-state index contributed by atoms with van der Waals surface area (Å²) in [4.78, 5) is 7.01. The molecule has 0 heterocycles. The maximum Gasteiger partial charge on any atom is 0.270 e. The second-order valence-electron chi connectivity index (χ2n) is 7.94. The Morgan fingerprint density at radius 3 is 1.34 bits per heavy atom. The molecule has 0 saturated carbocycles. The van der Waals surface area contributed by atoms with E-state index in [0.717, 1.165) is 55.6 Å². The van der Waals surface area contributed by atoms with Crippen LogP contribution in [0, 0.1) is 49.7 Å². The molecule has 4 nitrogen and oxygen atoms in total. The van der Waals surface area contributed by atoms with Gasteiger partial charge < -0.3 is 0 Å². The Bertz CT molecular complexity index is 1470. The molecule has 4 heteroatoms. The van der Waals surface area contributed by atoms with Crippen LogP contribution in [0.4, 0.5) is 0 Å². The zero-order chi connectivity index (χ0) is 22.6. The highest BCUT2D eigenvalue weighted by Gasteiger charge is 2.33. The van der Waals surface area contributed by atoms with Crippen LogP contribution in [0.2, 0.25) is 0 Å². The number of fused-ring (bicyclic) bond motifs is 6. The summed E-state index contributed by atoms with van der Waals surface area (Å²) in [6.45, 7) is 19.1. The third-order valence-corrected chi connectivity index (χ3v) is 6.07. The summed E-state index contributed by atoms with van der Waals surface area (Å²) in [5, 5.41) is 19.4. The van der Waals surface area contributed by atoms with Crippen LogP contribution in [-0.2, 0) is 0 Å². The topological polar surface area (TPSA) is 56.3 Å². The van der Waals surface area contributed by atoms with Gasteiger partial charge in [0, 0.05) is 11.1 Å². The van der Waals surface area contributed by atoms with Crippen molar-refractivity contribution in [1.82, 2.24) is 0 Å². The first-order valence-electron chi connectivity index (χ1n) is 9.97. The number of rotatable bonds is 0. The quantitative estimate of drug-likeness (QED) is 0.213. The largest absolute Gasteiger partial charge is 0.270 e. The van der Waals surface area contributed by atoms with Crippen LogP contribution in [-0.4, -0.2) is 0 Å². The van der Waals surface area contributed by atoms with E-state index in [0.29, 0.717) is 11.1 Å². The fourth-order valence-electron chi connectivity index (χ4n) is 4.73. The molecule has 0 N–H and O–H groups in total. The van der Waals surface area contributed by atoms with Crippen LogP contribution in [0.15, 0.2) is 59.9 Å². The predicted octanol–water partition coefficient (Wildman–Crippen LogP) is 6.67. The molecule has 0 saturated heterocycles. The summed E-state index contributed by atoms with van der Waals surface area (Å²) >= 11 is 0. The Balaban J connectivity index is 1.95. The molecular weight excluding hydrogens is 392 g/mol. The zero-order valence-electron chi connectivity index (χ0n) is 17.4. The first kappa shape index (κ1) is 19.1. The second-order valence-corrected chi connectivity index (χ2v) is 7.94. The van der Waals surface area contributed by atoms with Gasteiger partial charge in [-0.1, -0.05) is 47.5 Å². The highest BCUT2D eigenvalue weighted by Crippen LogP contribution is 2.53. The Labute approximate surface area is 186 Å². The normalized spacial score (nSPS) is 15.2.